The van der Waals surface area contributed by atoms with Gasteiger partial charge in [-0.3, -0.25) is 14.5 Å². The second-order valence-corrected chi connectivity index (χ2v) is 7.50. The van der Waals surface area contributed by atoms with E-state index in [2.05, 4.69) is 12.2 Å². The van der Waals surface area contributed by atoms with Gasteiger partial charge in [0.1, 0.15) is 11.5 Å². The number of hydrogen-bond donors (Lipinski definition) is 0. The molecule has 0 spiro atoms. The third-order valence-electron chi connectivity index (χ3n) is 5.61. The van der Waals surface area contributed by atoms with Gasteiger partial charge in [-0.2, -0.15) is 0 Å². The minimum Gasteiger partial charge on any atom is -0.457 e. The molecule has 2 amide bonds. The van der Waals surface area contributed by atoms with Gasteiger partial charge in [-0.25, -0.2) is 0 Å². The van der Waals surface area contributed by atoms with Crippen molar-refractivity contribution in [3.63, 3.8) is 0 Å². The number of allylic oxidation sites excluding steroid dienone is 2. The fraction of sp³-hybridized carbons (Fsp3) is 0.238. The van der Waals surface area contributed by atoms with E-state index in [0.29, 0.717) is 22.2 Å². The van der Waals surface area contributed by atoms with Crippen LogP contribution in [-0.4, -0.2) is 11.8 Å². The molecule has 2 fully saturated rings. The van der Waals surface area contributed by atoms with E-state index in [1.165, 1.54) is 4.90 Å². The van der Waals surface area contributed by atoms with Gasteiger partial charge in [-0.05, 0) is 66.8 Å². The van der Waals surface area contributed by atoms with Gasteiger partial charge in [0.2, 0.25) is 11.8 Å². The van der Waals surface area contributed by atoms with Crippen molar-refractivity contribution >= 4 is 29.1 Å². The smallest absolute Gasteiger partial charge is 0.238 e. The van der Waals surface area contributed by atoms with E-state index < -0.39 is 0 Å². The van der Waals surface area contributed by atoms with Gasteiger partial charge in [0.15, 0.2) is 0 Å². The number of benzene rings is 2. The van der Waals surface area contributed by atoms with E-state index in [4.69, 9.17) is 16.3 Å². The molecule has 0 radical (unpaired) electrons. The average molecular weight is 366 g/mol. The van der Waals surface area contributed by atoms with E-state index in [1.54, 1.807) is 48.5 Å². The van der Waals surface area contributed by atoms with Crippen LogP contribution in [-0.2, 0) is 9.59 Å². The zero-order valence-corrected chi connectivity index (χ0v) is 14.6. The van der Waals surface area contributed by atoms with Crippen molar-refractivity contribution in [1.82, 2.24) is 0 Å². The van der Waals surface area contributed by atoms with Crippen LogP contribution >= 0.6 is 11.6 Å². The van der Waals surface area contributed by atoms with Crippen LogP contribution in [0.5, 0.6) is 11.5 Å². The Balaban J connectivity index is 1.37. The van der Waals surface area contributed by atoms with Gasteiger partial charge in [-0.1, -0.05) is 23.8 Å². The van der Waals surface area contributed by atoms with Gasteiger partial charge in [0.25, 0.3) is 0 Å². The zero-order valence-electron chi connectivity index (χ0n) is 13.8. The van der Waals surface area contributed by atoms with E-state index in [1.807, 2.05) is 0 Å². The largest absolute Gasteiger partial charge is 0.457 e. The minimum absolute atomic E-state index is 0.0665. The molecule has 2 aliphatic carbocycles. The number of nitrogens with zero attached hydrogens (tertiary/aromatic N) is 1. The molecule has 5 heteroatoms. The lowest BCUT2D eigenvalue weighted by Gasteiger charge is -2.17. The number of carbonyl (C=O) groups excluding carboxylic acids is 2. The molecule has 130 valence electrons. The van der Waals surface area contributed by atoms with Crippen molar-refractivity contribution in [3.05, 3.63) is 65.7 Å². The molecule has 2 aromatic carbocycles. The Hall–Kier alpha value is -2.59. The molecule has 1 aliphatic heterocycles. The third kappa shape index (κ3) is 2.29. The molecule has 1 heterocycles. The first-order valence-electron chi connectivity index (χ1n) is 8.71. The number of ether oxygens (including phenoxy) is 1. The minimum atomic E-state index is -0.178. The molecule has 4 unspecified atom stereocenters. The summed E-state index contributed by atoms with van der Waals surface area (Å²) < 4.78 is 5.77. The zero-order chi connectivity index (χ0) is 17.8. The summed E-state index contributed by atoms with van der Waals surface area (Å²) in [5.41, 5.74) is 0.609. The maximum absolute atomic E-state index is 12.8. The van der Waals surface area contributed by atoms with Crippen LogP contribution < -0.4 is 9.64 Å². The van der Waals surface area contributed by atoms with Crippen LogP contribution in [0.3, 0.4) is 0 Å². The van der Waals surface area contributed by atoms with E-state index in [9.17, 15) is 9.59 Å². The second-order valence-electron chi connectivity index (χ2n) is 7.06. The number of fused-ring (bicyclic) bond motifs is 5. The lowest BCUT2D eigenvalue weighted by atomic mass is 9.85. The molecule has 0 aromatic heterocycles. The van der Waals surface area contributed by atoms with Gasteiger partial charge < -0.3 is 4.74 Å². The van der Waals surface area contributed by atoms with Gasteiger partial charge in [0, 0.05) is 5.02 Å². The third-order valence-corrected chi connectivity index (χ3v) is 5.87. The Bertz CT molecular complexity index is 889. The lowest BCUT2D eigenvalue weighted by Crippen LogP contribution is -2.32. The van der Waals surface area contributed by atoms with Crippen LogP contribution in [0.25, 0.3) is 0 Å². The Morgan fingerprint density at radius 2 is 1.31 bits per heavy atom. The number of carbonyl (C=O) groups is 2. The van der Waals surface area contributed by atoms with E-state index in [-0.39, 0.29) is 35.5 Å². The second kappa shape index (κ2) is 5.71. The standard InChI is InChI=1S/C21H16ClNO3/c22-14-3-7-16(8-4-14)26-17-9-5-15(6-10-17)23-20(24)18-12-1-2-13(11-12)19(18)21(23)25/h1-10,12-13,18-19H,11H2. The Kier molecular flexibility index (Phi) is 3.44. The summed E-state index contributed by atoms with van der Waals surface area (Å²) in [7, 11) is 0. The fourth-order valence-electron chi connectivity index (χ4n) is 4.46. The molecule has 2 aromatic rings. The highest BCUT2D eigenvalue weighted by atomic mass is 35.5. The molecular weight excluding hydrogens is 350 g/mol. The van der Waals surface area contributed by atoms with Gasteiger partial charge in [-0.15, -0.1) is 0 Å². The number of anilines is 1. The SMILES string of the molecule is O=C1C2C3C=CC(C3)C2C(=O)N1c1ccc(Oc2ccc(Cl)cc2)cc1. The Labute approximate surface area is 156 Å². The Morgan fingerprint density at radius 1 is 0.808 bits per heavy atom. The van der Waals surface area contributed by atoms with Crippen molar-refractivity contribution in [2.75, 3.05) is 4.90 Å². The maximum atomic E-state index is 12.8. The number of rotatable bonds is 3. The summed E-state index contributed by atoms with van der Waals surface area (Å²) >= 11 is 5.87. The fourth-order valence-corrected chi connectivity index (χ4v) is 4.58. The summed E-state index contributed by atoms with van der Waals surface area (Å²) in [4.78, 5) is 27.0. The maximum Gasteiger partial charge on any atom is 0.238 e. The van der Waals surface area contributed by atoms with Crippen LogP contribution in [0, 0.1) is 23.7 Å². The summed E-state index contributed by atoms with van der Waals surface area (Å²) in [6.07, 6.45) is 5.14. The lowest BCUT2D eigenvalue weighted by molar-refractivity contribution is -0.123. The molecule has 1 saturated heterocycles. The van der Waals surface area contributed by atoms with Crippen LogP contribution in [0.4, 0.5) is 5.69 Å². The predicted octanol–water partition coefficient (Wildman–Crippen LogP) is 4.44. The summed E-state index contributed by atoms with van der Waals surface area (Å²) in [6.45, 7) is 0. The van der Waals surface area contributed by atoms with Crippen LogP contribution in [0.1, 0.15) is 6.42 Å². The first-order valence-corrected chi connectivity index (χ1v) is 9.09. The van der Waals surface area contributed by atoms with Crippen molar-refractivity contribution in [2.45, 2.75) is 6.42 Å². The summed E-state index contributed by atoms with van der Waals surface area (Å²) in [6, 6.07) is 14.1. The Morgan fingerprint density at radius 3 is 1.85 bits per heavy atom. The normalized spacial score (nSPS) is 28.7. The highest BCUT2D eigenvalue weighted by Crippen LogP contribution is 2.53. The highest BCUT2D eigenvalue weighted by Gasteiger charge is 2.59. The van der Waals surface area contributed by atoms with Crippen molar-refractivity contribution in [3.8, 4) is 11.5 Å². The monoisotopic (exact) mass is 365 g/mol. The molecule has 5 rings (SSSR count). The molecule has 1 saturated carbocycles. The first kappa shape index (κ1) is 15.6. The molecule has 4 nitrogen and oxygen atoms in total. The van der Waals surface area contributed by atoms with Crippen LogP contribution in [0.15, 0.2) is 60.7 Å². The molecule has 0 N–H and O–H groups in total. The number of hydrogen-bond acceptors (Lipinski definition) is 3. The predicted molar refractivity (Wildman–Crippen MR) is 98.2 cm³/mol. The molecule has 2 bridgehead atoms. The van der Waals surface area contributed by atoms with Gasteiger partial charge >= 0.3 is 0 Å². The number of halogens is 1. The van der Waals surface area contributed by atoms with Gasteiger partial charge in [0.05, 0.1) is 17.5 Å². The summed E-state index contributed by atoms with van der Waals surface area (Å²) in [5, 5.41) is 0.646. The molecule has 4 atom stereocenters. The van der Waals surface area contributed by atoms with Crippen molar-refractivity contribution in [1.29, 1.82) is 0 Å². The van der Waals surface area contributed by atoms with Crippen LogP contribution in [0.2, 0.25) is 5.02 Å². The number of imide groups is 1. The van der Waals surface area contributed by atoms with Crippen molar-refractivity contribution < 1.29 is 14.3 Å². The average Bonchev–Trinajstić information content (AvgIpc) is 3.32. The highest BCUT2D eigenvalue weighted by molar-refractivity contribution is 6.30. The molecular formula is C21H16ClNO3. The van der Waals surface area contributed by atoms with E-state index >= 15 is 0 Å². The topological polar surface area (TPSA) is 46.6 Å². The molecule has 26 heavy (non-hydrogen) atoms. The molecule has 3 aliphatic rings. The summed E-state index contributed by atoms with van der Waals surface area (Å²) in [5.74, 6) is 1.26. The van der Waals surface area contributed by atoms with Crippen molar-refractivity contribution in [2.24, 2.45) is 23.7 Å². The quantitative estimate of drug-likeness (QED) is 0.596. The number of amides is 2. The first-order chi connectivity index (χ1) is 12.6. The van der Waals surface area contributed by atoms with E-state index in [0.717, 1.165) is 6.42 Å².